The van der Waals surface area contributed by atoms with E-state index in [0.717, 1.165) is 88.8 Å². The van der Waals surface area contributed by atoms with Crippen LogP contribution in [0.3, 0.4) is 0 Å². The molecule has 0 fully saturated rings. The van der Waals surface area contributed by atoms with Crippen LogP contribution < -0.4 is 0 Å². The molecule has 7 heteroatoms. The van der Waals surface area contributed by atoms with Crippen LogP contribution in [0.15, 0.2) is 185 Å². The first-order valence-corrected chi connectivity index (χ1v) is 25.4. The minimum Gasteiger partial charge on any atom is -0.501 e. The number of hydrogen-bond donors (Lipinski definition) is 0. The van der Waals surface area contributed by atoms with Gasteiger partial charge in [0.2, 0.25) is 0 Å². The van der Waals surface area contributed by atoms with E-state index in [1.807, 2.05) is 47.2 Å². The second-order valence-electron chi connectivity index (χ2n) is 20.2. The van der Waals surface area contributed by atoms with E-state index < -0.39 is 6.85 Å². The molecular weight excluding hydrogens is 1080 g/mol. The summed E-state index contributed by atoms with van der Waals surface area (Å²) < 4.78 is 40.8. The van der Waals surface area contributed by atoms with Crippen LogP contribution in [0, 0.1) is 19.0 Å². The van der Waals surface area contributed by atoms with Crippen molar-refractivity contribution < 1.29 is 33.1 Å². The molecule has 0 bridgehead atoms. The second-order valence-corrected chi connectivity index (χ2v) is 20.2. The van der Waals surface area contributed by atoms with Crippen LogP contribution >= 0.6 is 0 Å². The van der Waals surface area contributed by atoms with Gasteiger partial charge in [-0.1, -0.05) is 169 Å². The molecule has 0 aliphatic heterocycles. The molecule has 0 aliphatic carbocycles. The van der Waals surface area contributed by atoms with Crippen LogP contribution in [0.2, 0.25) is 0 Å². The van der Waals surface area contributed by atoms with Gasteiger partial charge in [-0.15, -0.1) is 54.1 Å². The number of imidazole rings is 2. The summed E-state index contributed by atoms with van der Waals surface area (Å²) in [6.07, 6.45) is 5.60. The van der Waals surface area contributed by atoms with E-state index in [0.29, 0.717) is 29.5 Å². The number of nitrogens with zero attached hydrogens (tertiary/aromatic N) is 4. The average Bonchev–Trinajstić information content (AvgIpc) is 4.29. The van der Waals surface area contributed by atoms with Crippen LogP contribution in [0.5, 0.6) is 0 Å². The normalized spacial score (nSPS) is 12.5. The molecule has 1 radical (unpaired) electrons. The third kappa shape index (κ3) is 9.14. The molecule has 74 heavy (non-hydrogen) atoms. The predicted molar refractivity (Wildman–Crippen MR) is 302 cm³/mol. The van der Waals surface area contributed by atoms with Crippen molar-refractivity contribution >= 4 is 43.9 Å². The molecule has 0 saturated heterocycles. The van der Waals surface area contributed by atoms with Crippen molar-refractivity contribution in [2.24, 2.45) is 0 Å². The zero-order valence-corrected chi connectivity index (χ0v) is 45.4. The Labute approximate surface area is 452 Å². The number of fused-ring (bicyclic) bond motifs is 6. The van der Waals surface area contributed by atoms with Gasteiger partial charge in [-0.2, -0.15) is 0 Å². The van der Waals surface area contributed by atoms with Gasteiger partial charge in [0.25, 0.3) is 0 Å². The summed E-state index contributed by atoms with van der Waals surface area (Å²) in [4.78, 5) is 9.38. The molecule has 0 saturated carbocycles. The molecule has 12 rings (SSSR count). The van der Waals surface area contributed by atoms with E-state index in [2.05, 4.69) is 205 Å². The number of rotatable bonds is 10. The minimum absolute atomic E-state index is 0. The van der Waals surface area contributed by atoms with Gasteiger partial charge in [-0.3, -0.25) is 9.97 Å². The van der Waals surface area contributed by atoms with E-state index in [9.17, 15) is 0 Å². The first kappa shape index (κ1) is 46.2. The largest absolute Gasteiger partial charge is 0.501 e. The SMILES string of the molecule is CC(C)c1cccc(C(C)C)c1-n1ccnc1-c1[c-]ccc2c1oc1cc(-c3ccc4oc5c(-c6ccccc6)cccc5c4c3)ccc12.[2H]C([2H])([2H])c1cn(-c2c(C(C)C)cccc2C(C)C)c(-c2[c-]cccc2)n1.[Ir]. The summed E-state index contributed by atoms with van der Waals surface area (Å²) in [5.74, 6) is 2.75. The van der Waals surface area contributed by atoms with E-state index in [1.54, 1.807) is 6.20 Å². The maximum absolute atomic E-state index is 7.83. The molecular formula is C67H60IrN4O2-2. The molecule has 0 unspecified atom stereocenters. The van der Waals surface area contributed by atoms with Crippen molar-refractivity contribution in [3.63, 3.8) is 0 Å². The van der Waals surface area contributed by atoms with Gasteiger partial charge in [0.1, 0.15) is 16.7 Å². The number of aryl methyl sites for hydroxylation is 1. The second kappa shape index (κ2) is 20.7. The Bertz CT molecular complexity index is 4010. The molecule has 0 amide bonds. The van der Waals surface area contributed by atoms with Crippen LogP contribution in [0.4, 0.5) is 0 Å². The van der Waals surface area contributed by atoms with Crippen molar-refractivity contribution in [1.29, 1.82) is 0 Å². The third-order valence-corrected chi connectivity index (χ3v) is 14.0. The first-order chi connectivity index (χ1) is 36.7. The van der Waals surface area contributed by atoms with E-state index in [-0.39, 0.29) is 25.8 Å². The summed E-state index contributed by atoms with van der Waals surface area (Å²) in [5, 5.41) is 4.33. The van der Waals surface area contributed by atoms with Gasteiger partial charge in [0.05, 0.1) is 17.2 Å². The van der Waals surface area contributed by atoms with Gasteiger partial charge in [0, 0.05) is 81.6 Å². The molecule has 8 aromatic carbocycles. The van der Waals surface area contributed by atoms with Crippen LogP contribution in [-0.2, 0) is 20.1 Å². The Morgan fingerprint density at radius 2 is 1.12 bits per heavy atom. The molecule has 0 spiro atoms. The van der Waals surface area contributed by atoms with E-state index in [1.165, 1.54) is 27.9 Å². The standard InChI is InChI=1S/C45H35N2O2.C22H25N2.Ir/c1-27(2)32-13-8-14-33(28(3)4)42(32)47-24-23-46-45(47)38-18-10-16-36-35-21-19-31(26-41(35)49-44(36)38)30-20-22-40-39(25-30)37-17-9-15-34(43(37)48-40)29-11-6-5-7-12-29;1-15(2)19-12-9-13-20(16(3)4)21(19)24-14-17(5)23-22(24)18-10-7-6-8-11-18;/h5-17,19-28H,1-4H3;6-10,12-16H,1-5H3;/q2*-1;/i;5D3;. The maximum atomic E-state index is 7.83. The Morgan fingerprint density at radius 1 is 0.500 bits per heavy atom. The Hall–Kier alpha value is -7.57. The monoisotopic (exact) mass is 1150 g/mol. The van der Waals surface area contributed by atoms with Gasteiger partial charge >= 0.3 is 0 Å². The first-order valence-electron chi connectivity index (χ1n) is 26.9. The molecule has 0 N–H and O–H groups in total. The number of aromatic nitrogens is 4. The zero-order valence-electron chi connectivity index (χ0n) is 46.0. The Kier molecular flexibility index (Phi) is 13.0. The molecule has 371 valence electrons. The Morgan fingerprint density at radius 3 is 1.78 bits per heavy atom. The van der Waals surface area contributed by atoms with Gasteiger partial charge < -0.3 is 18.0 Å². The molecule has 4 aromatic heterocycles. The fraction of sp³-hybridized carbons (Fsp3) is 0.194. The topological polar surface area (TPSA) is 61.9 Å². The molecule has 0 aliphatic rings. The third-order valence-electron chi connectivity index (χ3n) is 14.0. The zero-order chi connectivity index (χ0) is 53.0. The number of furan rings is 2. The molecule has 0 atom stereocenters. The summed E-state index contributed by atoms with van der Waals surface area (Å²) in [6, 6.07) is 61.0. The number of para-hydroxylation sites is 3. The molecule has 4 heterocycles. The van der Waals surface area contributed by atoms with Crippen LogP contribution in [0.25, 0.3) is 100 Å². The van der Waals surface area contributed by atoms with Crippen molar-refractivity contribution in [3.05, 3.63) is 216 Å². The maximum Gasteiger partial charge on any atom is 0.143 e. The Balaban J connectivity index is 0.000000205. The number of hydrogen-bond acceptors (Lipinski definition) is 4. The minimum atomic E-state index is -2.26. The molecule has 6 nitrogen and oxygen atoms in total. The number of benzene rings is 8. The van der Waals surface area contributed by atoms with E-state index in [4.69, 9.17) is 17.9 Å². The van der Waals surface area contributed by atoms with Crippen molar-refractivity contribution in [2.45, 2.75) is 85.9 Å². The van der Waals surface area contributed by atoms with Gasteiger partial charge in [-0.05, 0) is 87.7 Å². The van der Waals surface area contributed by atoms with Crippen LogP contribution in [0.1, 0.15) is 111 Å². The summed E-state index contributed by atoms with van der Waals surface area (Å²) in [6.45, 7) is 15.3. The van der Waals surface area contributed by atoms with Crippen molar-refractivity contribution in [2.75, 3.05) is 0 Å². The fourth-order valence-electron chi connectivity index (χ4n) is 10.4. The predicted octanol–water partition coefficient (Wildman–Crippen LogP) is 18.6. The average molecular weight is 1150 g/mol. The van der Waals surface area contributed by atoms with E-state index >= 15 is 0 Å². The smallest absolute Gasteiger partial charge is 0.143 e. The summed E-state index contributed by atoms with van der Waals surface area (Å²) in [5.41, 5.74) is 16.7. The van der Waals surface area contributed by atoms with Crippen molar-refractivity contribution in [1.82, 2.24) is 19.1 Å². The molecule has 12 aromatic rings. The van der Waals surface area contributed by atoms with Crippen LogP contribution in [-0.4, -0.2) is 19.1 Å². The fourth-order valence-corrected chi connectivity index (χ4v) is 10.4. The van der Waals surface area contributed by atoms with Gasteiger partial charge in [0.15, 0.2) is 0 Å². The summed E-state index contributed by atoms with van der Waals surface area (Å²) in [7, 11) is 0. The van der Waals surface area contributed by atoms with Gasteiger partial charge in [-0.25, -0.2) is 0 Å². The summed E-state index contributed by atoms with van der Waals surface area (Å²) >= 11 is 0. The van der Waals surface area contributed by atoms with Crippen molar-refractivity contribution in [3.8, 4) is 56.4 Å². The quantitative estimate of drug-likeness (QED) is 0.128.